The van der Waals surface area contributed by atoms with E-state index in [2.05, 4.69) is 10.5 Å². The number of hydrogen-bond donors (Lipinski definition) is 1. The van der Waals surface area contributed by atoms with Crippen LogP contribution in [0.1, 0.15) is 18.5 Å². The van der Waals surface area contributed by atoms with Crippen molar-refractivity contribution in [3.63, 3.8) is 0 Å². The lowest BCUT2D eigenvalue weighted by Crippen LogP contribution is -2.15. The molecule has 0 atom stereocenters. The van der Waals surface area contributed by atoms with E-state index in [0.29, 0.717) is 11.8 Å². The quantitative estimate of drug-likeness (QED) is 0.880. The van der Waals surface area contributed by atoms with Crippen LogP contribution in [-0.2, 0) is 6.54 Å². The Morgan fingerprint density at radius 3 is 2.76 bits per heavy atom. The first-order valence-corrected chi connectivity index (χ1v) is 5.76. The van der Waals surface area contributed by atoms with E-state index in [0.717, 1.165) is 17.8 Å². The van der Waals surface area contributed by atoms with Crippen LogP contribution in [0.2, 0.25) is 0 Å². The van der Waals surface area contributed by atoms with Gasteiger partial charge in [0.2, 0.25) is 0 Å². The van der Waals surface area contributed by atoms with Gasteiger partial charge in [-0.1, -0.05) is 5.16 Å². The highest BCUT2D eigenvalue weighted by atomic mass is 19.1. The second kappa shape index (κ2) is 4.30. The van der Waals surface area contributed by atoms with Crippen LogP contribution in [0.5, 0.6) is 0 Å². The van der Waals surface area contributed by atoms with Crippen molar-refractivity contribution in [2.75, 3.05) is 0 Å². The van der Waals surface area contributed by atoms with Crippen molar-refractivity contribution in [1.29, 1.82) is 0 Å². The normalized spacial score (nSPS) is 15.1. The molecule has 1 aliphatic rings. The zero-order chi connectivity index (χ0) is 11.7. The van der Waals surface area contributed by atoms with E-state index in [1.165, 1.54) is 25.0 Å². The van der Waals surface area contributed by atoms with Crippen molar-refractivity contribution in [2.24, 2.45) is 0 Å². The predicted molar refractivity (Wildman–Crippen MR) is 61.8 cm³/mol. The zero-order valence-electron chi connectivity index (χ0n) is 9.32. The second-order valence-corrected chi connectivity index (χ2v) is 4.34. The molecule has 1 heterocycles. The van der Waals surface area contributed by atoms with Gasteiger partial charge in [0.1, 0.15) is 5.82 Å². The van der Waals surface area contributed by atoms with Crippen LogP contribution < -0.4 is 5.32 Å². The van der Waals surface area contributed by atoms with E-state index < -0.39 is 0 Å². The number of halogens is 1. The van der Waals surface area contributed by atoms with Crippen LogP contribution in [0.3, 0.4) is 0 Å². The molecule has 0 bridgehead atoms. The minimum absolute atomic E-state index is 0.246. The van der Waals surface area contributed by atoms with Crippen molar-refractivity contribution in [2.45, 2.75) is 25.4 Å². The maximum Gasteiger partial charge on any atom is 0.167 e. The Hall–Kier alpha value is -1.68. The first kappa shape index (κ1) is 10.5. The molecule has 1 fully saturated rings. The van der Waals surface area contributed by atoms with Crippen LogP contribution >= 0.6 is 0 Å². The average molecular weight is 232 g/mol. The standard InChI is InChI=1S/C13H13FN2O/c14-10-3-1-9(2-4-10)13-7-12(16-17-13)8-15-11-5-6-11/h1-4,7,11,15H,5-6,8H2. The van der Waals surface area contributed by atoms with Gasteiger partial charge in [-0.15, -0.1) is 0 Å². The summed E-state index contributed by atoms with van der Waals surface area (Å²) >= 11 is 0. The summed E-state index contributed by atoms with van der Waals surface area (Å²) < 4.78 is 18.0. The number of nitrogens with zero attached hydrogens (tertiary/aromatic N) is 1. The third-order valence-electron chi connectivity index (χ3n) is 2.84. The van der Waals surface area contributed by atoms with Crippen molar-refractivity contribution in [3.8, 4) is 11.3 Å². The van der Waals surface area contributed by atoms with Gasteiger partial charge in [0.25, 0.3) is 0 Å². The number of hydrogen-bond acceptors (Lipinski definition) is 3. The summed E-state index contributed by atoms with van der Waals surface area (Å²) in [6, 6.07) is 8.76. The predicted octanol–water partition coefficient (Wildman–Crippen LogP) is 2.73. The van der Waals surface area contributed by atoms with Crippen molar-refractivity contribution >= 4 is 0 Å². The highest BCUT2D eigenvalue weighted by Gasteiger charge is 2.20. The molecule has 17 heavy (non-hydrogen) atoms. The van der Waals surface area contributed by atoms with E-state index in [1.807, 2.05) is 6.07 Å². The fraction of sp³-hybridized carbons (Fsp3) is 0.308. The van der Waals surface area contributed by atoms with Crippen LogP contribution in [0.4, 0.5) is 4.39 Å². The molecule has 1 N–H and O–H groups in total. The molecule has 1 aliphatic carbocycles. The summed E-state index contributed by atoms with van der Waals surface area (Å²) in [5.74, 6) is 0.432. The fourth-order valence-corrected chi connectivity index (χ4v) is 1.68. The Bertz CT molecular complexity index is 502. The Morgan fingerprint density at radius 2 is 2.06 bits per heavy atom. The van der Waals surface area contributed by atoms with E-state index >= 15 is 0 Å². The highest BCUT2D eigenvalue weighted by molar-refractivity contribution is 5.56. The highest BCUT2D eigenvalue weighted by Crippen LogP contribution is 2.22. The molecular weight excluding hydrogens is 219 g/mol. The van der Waals surface area contributed by atoms with Gasteiger partial charge in [-0.05, 0) is 37.1 Å². The van der Waals surface area contributed by atoms with Crippen molar-refractivity contribution in [3.05, 3.63) is 41.8 Å². The third kappa shape index (κ3) is 2.53. The molecule has 0 aliphatic heterocycles. The fourth-order valence-electron chi connectivity index (χ4n) is 1.68. The topological polar surface area (TPSA) is 38.1 Å². The summed E-state index contributed by atoms with van der Waals surface area (Å²) in [6.07, 6.45) is 2.51. The van der Waals surface area contributed by atoms with Gasteiger partial charge in [-0.3, -0.25) is 0 Å². The van der Waals surface area contributed by atoms with Gasteiger partial charge in [0.15, 0.2) is 5.76 Å². The molecule has 1 aromatic carbocycles. The molecule has 0 unspecified atom stereocenters. The van der Waals surface area contributed by atoms with Crippen molar-refractivity contribution < 1.29 is 8.91 Å². The van der Waals surface area contributed by atoms with Crippen molar-refractivity contribution in [1.82, 2.24) is 10.5 Å². The smallest absolute Gasteiger partial charge is 0.167 e. The third-order valence-corrected chi connectivity index (χ3v) is 2.84. The Balaban J connectivity index is 1.72. The van der Waals surface area contributed by atoms with Gasteiger partial charge in [0, 0.05) is 24.2 Å². The monoisotopic (exact) mass is 232 g/mol. The lowest BCUT2D eigenvalue weighted by Gasteiger charge is -1.95. The van der Waals surface area contributed by atoms with Gasteiger partial charge >= 0.3 is 0 Å². The Labute approximate surface area is 98.6 Å². The summed E-state index contributed by atoms with van der Waals surface area (Å²) in [5.41, 5.74) is 1.73. The Morgan fingerprint density at radius 1 is 1.29 bits per heavy atom. The van der Waals surface area contributed by atoms with Gasteiger partial charge in [-0.25, -0.2) is 4.39 Å². The molecular formula is C13H13FN2O. The first-order chi connectivity index (χ1) is 8.31. The van der Waals surface area contributed by atoms with Crippen LogP contribution in [0.25, 0.3) is 11.3 Å². The van der Waals surface area contributed by atoms with Gasteiger partial charge in [-0.2, -0.15) is 0 Å². The maximum atomic E-state index is 12.8. The summed E-state index contributed by atoms with van der Waals surface area (Å²) in [4.78, 5) is 0. The molecule has 0 spiro atoms. The molecule has 0 radical (unpaired) electrons. The first-order valence-electron chi connectivity index (χ1n) is 5.76. The second-order valence-electron chi connectivity index (χ2n) is 4.34. The number of aromatic nitrogens is 1. The maximum absolute atomic E-state index is 12.8. The van der Waals surface area contributed by atoms with Crippen LogP contribution in [-0.4, -0.2) is 11.2 Å². The van der Waals surface area contributed by atoms with E-state index in [-0.39, 0.29) is 5.82 Å². The number of rotatable bonds is 4. The summed E-state index contributed by atoms with van der Waals surface area (Å²) in [5, 5.41) is 7.35. The average Bonchev–Trinajstić information content (AvgIpc) is 3.06. The number of nitrogens with one attached hydrogen (secondary N) is 1. The minimum atomic E-state index is -0.246. The van der Waals surface area contributed by atoms with Crippen LogP contribution in [0.15, 0.2) is 34.9 Å². The molecule has 1 saturated carbocycles. The van der Waals surface area contributed by atoms with Crippen LogP contribution in [0, 0.1) is 5.82 Å². The van der Waals surface area contributed by atoms with E-state index in [1.54, 1.807) is 12.1 Å². The lowest BCUT2D eigenvalue weighted by atomic mass is 10.1. The number of benzene rings is 1. The largest absolute Gasteiger partial charge is 0.356 e. The molecule has 3 rings (SSSR count). The molecule has 0 amide bonds. The summed E-state index contributed by atoms with van der Waals surface area (Å²) in [7, 11) is 0. The molecule has 1 aromatic heterocycles. The molecule has 88 valence electrons. The molecule has 2 aromatic rings. The molecule has 4 heteroatoms. The SMILES string of the molecule is Fc1ccc(-c2cc(CNC3CC3)no2)cc1. The van der Waals surface area contributed by atoms with E-state index in [4.69, 9.17) is 4.52 Å². The minimum Gasteiger partial charge on any atom is -0.356 e. The Kier molecular flexibility index (Phi) is 2.65. The van der Waals surface area contributed by atoms with Gasteiger partial charge in [0.05, 0.1) is 5.69 Å². The molecule has 0 saturated heterocycles. The van der Waals surface area contributed by atoms with Gasteiger partial charge < -0.3 is 9.84 Å². The van der Waals surface area contributed by atoms with E-state index in [9.17, 15) is 4.39 Å². The lowest BCUT2D eigenvalue weighted by molar-refractivity contribution is 0.420. The molecule has 3 nitrogen and oxygen atoms in total. The zero-order valence-corrected chi connectivity index (χ0v) is 9.32. The summed E-state index contributed by atoms with van der Waals surface area (Å²) in [6.45, 7) is 0.732.